The number of esters is 2. The van der Waals surface area contributed by atoms with Crippen molar-refractivity contribution < 1.29 is 23.8 Å². The molecule has 0 amide bonds. The molecule has 0 aromatic heterocycles. The fourth-order valence-electron chi connectivity index (χ4n) is 6.57. The summed E-state index contributed by atoms with van der Waals surface area (Å²) in [5.41, 5.74) is 0. The Bertz CT molecular complexity index is 1250. The van der Waals surface area contributed by atoms with E-state index in [0.717, 1.165) is 96.3 Å². The quantitative estimate of drug-likeness (QED) is 0.0347. The first-order valence-electron chi connectivity index (χ1n) is 25.4. The highest BCUT2D eigenvalue weighted by Gasteiger charge is 2.17. The predicted molar refractivity (Wildman–Crippen MR) is 269 cm³/mol. The molecule has 0 saturated heterocycles. The molecule has 0 bridgehead atoms. The highest BCUT2D eigenvalue weighted by Crippen LogP contribution is 2.12. The average molecular weight is 859 g/mol. The molecule has 0 fully saturated rings. The Balaban J connectivity index is 4.39. The van der Waals surface area contributed by atoms with Crippen molar-refractivity contribution in [2.45, 2.75) is 219 Å². The molecule has 0 aliphatic heterocycles. The zero-order chi connectivity index (χ0) is 44.9. The molecule has 0 N–H and O–H groups in total. The summed E-state index contributed by atoms with van der Waals surface area (Å²) < 4.78 is 17.3. The maximum atomic E-state index is 12.7. The molecule has 352 valence electrons. The molecule has 5 heteroatoms. The van der Waals surface area contributed by atoms with Crippen LogP contribution in [0.25, 0.3) is 0 Å². The van der Waals surface area contributed by atoms with Crippen LogP contribution in [0, 0.1) is 0 Å². The summed E-state index contributed by atoms with van der Waals surface area (Å²) in [5, 5.41) is 0. The lowest BCUT2D eigenvalue weighted by Crippen LogP contribution is -2.30. The van der Waals surface area contributed by atoms with Crippen LogP contribution in [0.1, 0.15) is 213 Å². The third kappa shape index (κ3) is 49.2. The van der Waals surface area contributed by atoms with Gasteiger partial charge in [0.1, 0.15) is 6.61 Å². The molecule has 1 atom stereocenters. The summed E-state index contributed by atoms with van der Waals surface area (Å²) in [6.45, 7) is 7.45. The minimum Gasteiger partial charge on any atom is -0.462 e. The minimum absolute atomic E-state index is 0.0409. The molecule has 0 aliphatic rings. The average Bonchev–Trinajstić information content (AvgIpc) is 3.27. The number of unbranched alkanes of at least 4 members (excludes halogenated alkanes) is 16. The lowest BCUT2D eigenvalue weighted by atomic mass is 10.1. The van der Waals surface area contributed by atoms with E-state index in [1.807, 2.05) is 6.08 Å². The lowest BCUT2D eigenvalue weighted by molar-refractivity contribution is -0.162. The number of carbonyl (C=O) groups is 2. The monoisotopic (exact) mass is 859 g/mol. The van der Waals surface area contributed by atoms with E-state index in [9.17, 15) is 9.59 Å². The summed E-state index contributed by atoms with van der Waals surface area (Å²) in [4.78, 5) is 25.3. The SMILES string of the molecule is CC/C=C\C/C=C\C/C=C\C/C=C\CCC(=O)OC(COCCCCCCCC/C=C\C/C=C\C/C=C\CC)COC(=O)CCCCCCCCC/C=C\C/C=C\CCCCC. The second-order valence-corrected chi connectivity index (χ2v) is 16.3. The molecule has 0 aromatic rings. The van der Waals surface area contributed by atoms with E-state index in [1.54, 1.807) is 0 Å². The Morgan fingerprint density at radius 2 is 0.758 bits per heavy atom. The van der Waals surface area contributed by atoms with Crippen molar-refractivity contribution in [1.82, 2.24) is 0 Å². The van der Waals surface area contributed by atoms with Crippen molar-refractivity contribution in [3.63, 3.8) is 0 Å². The highest BCUT2D eigenvalue weighted by atomic mass is 16.6. The van der Waals surface area contributed by atoms with Gasteiger partial charge in [-0.05, 0) is 109 Å². The molecular weight excluding hydrogens is 765 g/mol. The van der Waals surface area contributed by atoms with E-state index < -0.39 is 6.10 Å². The van der Waals surface area contributed by atoms with Gasteiger partial charge in [0, 0.05) is 19.4 Å². The Morgan fingerprint density at radius 3 is 1.23 bits per heavy atom. The van der Waals surface area contributed by atoms with E-state index in [-0.39, 0.29) is 31.6 Å². The van der Waals surface area contributed by atoms with Crippen LogP contribution < -0.4 is 0 Å². The van der Waals surface area contributed by atoms with Gasteiger partial charge in [0.05, 0.1) is 6.61 Å². The number of hydrogen-bond donors (Lipinski definition) is 0. The minimum atomic E-state index is -0.591. The second kappa shape index (κ2) is 51.9. The summed E-state index contributed by atoms with van der Waals surface area (Å²) in [7, 11) is 0. The highest BCUT2D eigenvalue weighted by molar-refractivity contribution is 5.70. The van der Waals surface area contributed by atoms with Gasteiger partial charge in [-0.15, -0.1) is 0 Å². The summed E-state index contributed by atoms with van der Waals surface area (Å²) in [6.07, 6.45) is 71.1. The van der Waals surface area contributed by atoms with Crippen LogP contribution in [-0.2, 0) is 23.8 Å². The van der Waals surface area contributed by atoms with E-state index >= 15 is 0 Å². The zero-order valence-electron chi connectivity index (χ0n) is 40.3. The Hall–Kier alpha value is -3.44. The summed E-state index contributed by atoms with van der Waals surface area (Å²) in [6, 6.07) is 0. The summed E-state index contributed by atoms with van der Waals surface area (Å²) >= 11 is 0. The molecule has 0 aromatic carbocycles. The first-order chi connectivity index (χ1) is 30.6. The third-order valence-corrected chi connectivity index (χ3v) is 10.3. The van der Waals surface area contributed by atoms with Gasteiger partial charge in [-0.3, -0.25) is 9.59 Å². The van der Waals surface area contributed by atoms with Crippen LogP contribution in [0.3, 0.4) is 0 Å². The van der Waals surface area contributed by atoms with Crippen LogP contribution >= 0.6 is 0 Å². The molecule has 0 rings (SSSR count). The Morgan fingerprint density at radius 1 is 0.371 bits per heavy atom. The normalized spacial score (nSPS) is 13.1. The smallest absolute Gasteiger partial charge is 0.306 e. The van der Waals surface area contributed by atoms with E-state index in [0.29, 0.717) is 19.4 Å². The number of carbonyl (C=O) groups excluding carboxylic acids is 2. The summed E-state index contributed by atoms with van der Waals surface area (Å²) in [5.74, 6) is -0.513. The van der Waals surface area contributed by atoms with Crippen LogP contribution in [-0.4, -0.2) is 37.9 Å². The number of allylic oxidation sites excluding steroid dienone is 18. The van der Waals surface area contributed by atoms with Gasteiger partial charge >= 0.3 is 11.9 Å². The Kier molecular flexibility index (Phi) is 49.0. The van der Waals surface area contributed by atoms with Gasteiger partial charge in [-0.1, -0.05) is 201 Å². The van der Waals surface area contributed by atoms with Crippen molar-refractivity contribution in [1.29, 1.82) is 0 Å². The maximum absolute atomic E-state index is 12.7. The molecule has 0 saturated carbocycles. The van der Waals surface area contributed by atoms with Crippen molar-refractivity contribution in [3.8, 4) is 0 Å². The topological polar surface area (TPSA) is 61.8 Å². The van der Waals surface area contributed by atoms with Gasteiger partial charge in [0.15, 0.2) is 6.10 Å². The largest absolute Gasteiger partial charge is 0.462 e. The Labute approximate surface area is 383 Å². The fraction of sp³-hybridized carbons (Fsp3) is 0.649. The zero-order valence-corrected chi connectivity index (χ0v) is 40.3. The van der Waals surface area contributed by atoms with Crippen LogP contribution in [0.4, 0.5) is 0 Å². The number of hydrogen-bond acceptors (Lipinski definition) is 5. The van der Waals surface area contributed by atoms with Gasteiger partial charge < -0.3 is 14.2 Å². The molecule has 5 nitrogen and oxygen atoms in total. The van der Waals surface area contributed by atoms with Gasteiger partial charge in [0.2, 0.25) is 0 Å². The van der Waals surface area contributed by atoms with E-state index in [2.05, 4.69) is 124 Å². The third-order valence-electron chi connectivity index (χ3n) is 10.3. The molecule has 0 aliphatic carbocycles. The lowest BCUT2D eigenvalue weighted by Gasteiger charge is -2.18. The van der Waals surface area contributed by atoms with Crippen molar-refractivity contribution in [2.24, 2.45) is 0 Å². The fourth-order valence-corrected chi connectivity index (χ4v) is 6.57. The van der Waals surface area contributed by atoms with E-state index in [4.69, 9.17) is 14.2 Å². The molecule has 1 unspecified atom stereocenters. The van der Waals surface area contributed by atoms with Gasteiger partial charge in [-0.2, -0.15) is 0 Å². The number of rotatable bonds is 45. The van der Waals surface area contributed by atoms with Crippen LogP contribution in [0.2, 0.25) is 0 Å². The van der Waals surface area contributed by atoms with Gasteiger partial charge in [0.25, 0.3) is 0 Å². The first kappa shape index (κ1) is 58.6. The number of ether oxygens (including phenoxy) is 3. The van der Waals surface area contributed by atoms with Crippen LogP contribution in [0.5, 0.6) is 0 Å². The predicted octanol–water partition coefficient (Wildman–Crippen LogP) is 17.2. The molecule has 0 radical (unpaired) electrons. The molecule has 62 heavy (non-hydrogen) atoms. The van der Waals surface area contributed by atoms with Crippen LogP contribution in [0.15, 0.2) is 109 Å². The first-order valence-corrected chi connectivity index (χ1v) is 25.4. The molecule has 0 spiro atoms. The van der Waals surface area contributed by atoms with E-state index in [1.165, 1.54) is 77.0 Å². The molecule has 0 heterocycles. The van der Waals surface area contributed by atoms with Gasteiger partial charge in [-0.25, -0.2) is 0 Å². The van der Waals surface area contributed by atoms with Crippen molar-refractivity contribution in [2.75, 3.05) is 19.8 Å². The van der Waals surface area contributed by atoms with Crippen molar-refractivity contribution >= 4 is 11.9 Å². The maximum Gasteiger partial charge on any atom is 0.306 e. The van der Waals surface area contributed by atoms with Crippen molar-refractivity contribution in [3.05, 3.63) is 109 Å². The molecular formula is C57H94O5. The standard InChI is InChI=1S/C57H94O5/c1-4-7-10-13-16-19-22-25-27-29-30-33-35-38-41-44-47-50-56(58)61-54-55(62-57(59)51-48-45-42-39-36-32-24-21-18-15-12-9-6-3)53-60-52-49-46-43-40-37-34-31-28-26-23-20-17-14-11-8-5-2/h8-9,11-12,16-21,25-28,32,36,42,45,55H,4-7,10,13-15,22-24,29-31,33-35,37-41,43-44,46-54H2,1-3H3/b11-8-,12-9-,19-16-,20-17-,21-18-,27-25-,28-26-,36-32-,45-42-. The second-order valence-electron chi connectivity index (χ2n) is 16.3.